The van der Waals surface area contributed by atoms with Gasteiger partial charge in [-0.3, -0.25) is 9.69 Å². The van der Waals surface area contributed by atoms with Gasteiger partial charge in [0, 0.05) is 38.3 Å². The van der Waals surface area contributed by atoms with Gasteiger partial charge in [0.25, 0.3) is 5.91 Å². The molecular weight excluding hydrogens is 358 g/mol. The first kappa shape index (κ1) is 21.5. The van der Waals surface area contributed by atoms with Crippen LogP contribution in [-0.2, 0) is 5.41 Å². The van der Waals surface area contributed by atoms with Crippen molar-refractivity contribution >= 4 is 5.91 Å². The van der Waals surface area contributed by atoms with Crippen LogP contribution in [-0.4, -0.2) is 55.5 Å². The predicted octanol–water partition coefficient (Wildman–Crippen LogP) is 4.01. The van der Waals surface area contributed by atoms with E-state index >= 15 is 0 Å². The first-order valence-electron chi connectivity index (χ1n) is 10.6. The fourth-order valence-corrected chi connectivity index (χ4v) is 3.79. The number of nitrogens with one attached hydrogen (secondary N) is 1. The molecule has 29 heavy (non-hydrogen) atoms. The van der Waals surface area contributed by atoms with Crippen LogP contribution in [0.1, 0.15) is 53.9 Å². The fraction of sp³-hybridized carbons (Fsp3) is 0.480. The maximum atomic E-state index is 12.8. The molecule has 1 atom stereocenters. The number of hydrogen-bond donors (Lipinski definition) is 1. The second kappa shape index (κ2) is 9.10. The third-order valence-corrected chi connectivity index (χ3v) is 5.91. The van der Waals surface area contributed by atoms with Crippen LogP contribution in [0.15, 0.2) is 48.5 Å². The van der Waals surface area contributed by atoms with Crippen LogP contribution in [0.4, 0.5) is 0 Å². The average Bonchev–Trinajstić information content (AvgIpc) is 2.70. The van der Waals surface area contributed by atoms with E-state index in [0.29, 0.717) is 6.54 Å². The van der Waals surface area contributed by atoms with E-state index in [1.807, 2.05) is 12.1 Å². The highest BCUT2D eigenvalue weighted by Gasteiger charge is 2.24. The second-order valence-corrected chi connectivity index (χ2v) is 9.30. The van der Waals surface area contributed by atoms with Crippen LogP contribution >= 0.6 is 0 Å². The van der Waals surface area contributed by atoms with E-state index in [1.54, 1.807) is 0 Å². The molecule has 1 N–H and O–H groups in total. The Morgan fingerprint density at radius 1 is 0.966 bits per heavy atom. The van der Waals surface area contributed by atoms with Gasteiger partial charge in [0.1, 0.15) is 0 Å². The Morgan fingerprint density at radius 2 is 1.55 bits per heavy atom. The van der Waals surface area contributed by atoms with Gasteiger partial charge in [0.05, 0.1) is 6.04 Å². The van der Waals surface area contributed by atoms with E-state index in [-0.39, 0.29) is 17.4 Å². The van der Waals surface area contributed by atoms with E-state index in [0.717, 1.165) is 31.7 Å². The lowest BCUT2D eigenvalue weighted by Gasteiger charge is -2.38. The van der Waals surface area contributed by atoms with Crippen molar-refractivity contribution in [1.29, 1.82) is 0 Å². The lowest BCUT2D eigenvalue weighted by atomic mass is 9.87. The number of likely N-dealkylation sites (N-methyl/N-ethyl adjacent to an activating group) is 1. The Morgan fingerprint density at radius 3 is 2.10 bits per heavy atom. The second-order valence-electron chi connectivity index (χ2n) is 9.30. The monoisotopic (exact) mass is 393 g/mol. The number of nitrogens with zero attached hydrogens (tertiary/aromatic N) is 2. The number of piperazine rings is 1. The third-order valence-electron chi connectivity index (χ3n) is 5.91. The molecule has 0 spiro atoms. The van der Waals surface area contributed by atoms with E-state index in [1.165, 1.54) is 16.7 Å². The highest BCUT2D eigenvalue weighted by atomic mass is 16.1. The van der Waals surface area contributed by atoms with Crippen molar-refractivity contribution in [3.63, 3.8) is 0 Å². The van der Waals surface area contributed by atoms with Gasteiger partial charge >= 0.3 is 0 Å². The number of hydrogen-bond acceptors (Lipinski definition) is 3. The van der Waals surface area contributed by atoms with Crippen molar-refractivity contribution in [3.05, 3.63) is 70.8 Å². The molecule has 1 fully saturated rings. The molecule has 0 unspecified atom stereocenters. The molecule has 2 aromatic rings. The lowest BCUT2D eigenvalue weighted by Crippen LogP contribution is -2.48. The summed E-state index contributed by atoms with van der Waals surface area (Å²) in [5.74, 6) is -0.00306. The summed E-state index contributed by atoms with van der Waals surface area (Å²) in [7, 11) is 2.17. The van der Waals surface area contributed by atoms with Gasteiger partial charge in [-0.2, -0.15) is 0 Å². The van der Waals surface area contributed by atoms with E-state index in [9.17, 15) is 4.79 Å². The molecule has 156 valence electrons. The van der Waals surface area contributed by atoms with Gasteiger partial charge in [-0.15, -0.1) is 0 Å². The van der Waals surface area contributed by atoms with Crippen molar-refractivity contribution in [1.82, 2.24) is 15.1 Å². The highest BCUT2D eigenvalue weighted by Crippen LogP contribution is 2.24. The highest BCUT2D eigenvalue weighted by molar-refractivity contribution is 5.94. The number of benzene rings is 2. The minimum atomic E-state index is -0.00306. The van der Waals surface area contributed by atoms with Gasteiger partial charge < -0.3 is 10.2 Å². The van der Waals surface area contributed by atoms with Gasteiger partial charge in [0.2, 0.25) is 0 Å². The van der Waals surface area contributed by atoms with Crippen LogP contribution in [0.2, 0.25) is 0 Å². The predicted molar refractivity (Wildman–Crippen MR) is 120 cm³/mol. The molecule has 1 saturated heterocycles. The van der Waals surface area contributed by atoms with E-state index in [4.69, 9.17) is 0 Å². The average molecular weight is 394 g/mol. The molecule has 4 heteroatoms. The molecule has 4 nitrogen and oxygen atoms in total. The summed E-state index contributed by atoms with van der Waals surface area (Å²) in [6.07, 6.45) is 0. The molecule has 3 rings (SSSR count). The van der Waals surface area contributed by atoms with Crippen LogP contribution in [0, 0.1) is 6.92 Å². The Bertz CT molecular complexity index is 797. The van der Waals surface area contributed by atoms with E-state index in [2.05, 4.69) is 86.3 Å². The van der Waals surface area contributed by atoms with Crippen LogP contribution in [0.3, 0.4) is 0 Å². The minimum absolute atomic E-state index is 0.00306. The zero-order chi connectivity index (χ0) is 21.0. The first-order chi connectivity index (χ1) is 13.7. The summed E-state index contributed by atoms with van der Waals surface area (Å²) in [5.41, 5.74) is 4.58. The SMILES string of the molecule is Cc1ccc([C@@H](CNC(=O)c2ccc(C(C)(C)C)cc2)N2CCN(C)CC2)cc1. The largest absolute Gasteiger partial charge is 0.350 e. The number of carbonyl (C=O) groups excluding carboxylic acids is 1. The molecular formula is C25H35N3O. The van der Waals surface area contributed by atoms with E-state index < -0.39 is 0 Å². The summed E-state index contributed by atoms with van der Waals surface area (Å²) in [6.45, 7) is 13.4. The van der Waals surface area contributed by atoms with Crippen LogP contribution in [0.5, 0.6) is 0 Å². The molecule has 0 saturated carbocycles. The normalized spacial score (nSPS) is 17.1. The van der Waals surface area contributed by atoms with Crippen molar-refractivity contribution in [3.8, 4) is 0 Å². The maximum absolute atomic E-state index is 12.8. The van der Waals surface area contributed by atoms with Crippen LogP contribution in [0.25, 0.3) is 0 Å². The summed E-state index contributed by atoms with van der Waals surface area (Å²) in [6, 6.07) is 16.9. The lowest BCUT2D eigenvalue weighted by molar-refractivity contribution is 0.0886. The zero-order valence-corrected chi connectivity index (χ0v) is 18.5. The first-order valence-corrected chi connectivity index (χ1v) is 10.6. The van der Waals surface area contributed by atoms with Gasteiger partial charge in [-0.25, -0.2) is 0 Å². The van der Waals surface area contributed by atoms with Crippen molar-refractivity contribution in [2.45, 2.75) is 39.2 Å². The smallest absolute Gasteiger partial charge is 0.251 e. The van der Waals surface area contributed by atoms with Gasteiger partial charge in [-0.05, 0) is 42.6 Å². The molecule has 2 aromatic carbocycles. The summed E-state index contributed by atoms with van der Waals surface area (Å²) >= 11 is 0. The molecule has 1 aliphatic rings. The molecule has 1 amide bonds. The Labute approximate surface area is 175 Å². The topological polar surface area (TPSA) is 35.6 Å². The quantitative estimate of drug-likeness (QED) is 0.834. The standard InChI is InChI=1S/C25H35N3O/c1-19-6-8-20(9-7-19)23(28-16-14-27(5)15-17-28)18-26-24(29)21-10-12-22(13-11-21)25(2,3)4/h6-13,23H,14-18H2,1-5H3,(H,26,29)/t23-/m1/s1. The van der Waals surface area contributed by atoms with Crippen molar-refractivity contribution in [2.75, 3.05) is 39.8 Å². The molecule has 0 radical (unpaired) electrons. The molecule has 0 aliphatic carbocycles. The molecule has 0 bridgehead atoms. The fourth-order valence-electron chi connectivity index (χ4n) is 3.79. The Balaban J connectivity index is 1.70. The summed E-state index contributed by atoms with van der Waals surface area (Å²) < 4.78 is 0. The number of carbonyl (C=O) groups is 1. The number of aryl methyl sites for hydroxylation is 1. The van der Waals surface area contributed by atoms with Crippen molar-refractivity contribution in [2.24, 2.45) is 0 Å². The number of amides is 1. The van der Waals surface area contributed by atoms with Crippen molar-refractivity contribution < 1.29 is 4.79 Å². The summed E-state index contributed by atoms with van der Waals surface area (Å²) in [5, 5.41) is 3.18. The molecule has 1 heterocycles. The third kappa shape index (κ3) is 5.68. The zero-order valence-electron chi connectivity index (χ0n) is 18.5. The number of rotatable bonds is 5. The molecule has 1 aliphatic heterocycles. The van der Waals surface area contributed by atoms with Crippen LogP contribution < -0.4 is 5.32 Å². The minimum Gasteiger partial charge on any atom is -0.350 e. The van der Waals surface area contributed by atoms with Gasteiger partial charge in [-0.1, -0.05) is 62.7 Å². The molecule has 0 aromatic heterocycles. The maximum Gasteiger partial charge on any atom is 0.251 e. The Hall–Kier alpha value is -2.17. The van der Waals surface area contributed by atoms with Gasteiger partial charge in [0.15, 0.2) is 0 Å². The Kier molecular flexibility index (Phi) is 6.76. The summed E-state index contributed by atoms with van der Waals surface area (Å²) in [4.78, 5) is 17.6.